The number of hydrogen-bond acceptors (Lipinski definition) is 7. The lowest BCUT2D eigenvalue weighted by atomic mass is 10.1. The third-order valence-electron chi connectivity index (χ3n) is 4.90. The molecule has 9 heteroatoms. The molecule has 1 unspecified atom stereocenters. The molecule has 9 nitrogen and oxygen atoms in total. The van der Waals surface area contributed by atoms with Crippen molar-refractivity contribution >= 4 is 23.1 Å². The van der Waals surface area contributed by atoms with Gasteiger partial charge in [0.1, 0.15) is 0 Å². The lowest BCUT2D eigenvalue weighted by Crippen LogP contribution is -2.33. The highest BCUT2D eigenvalue weighted by atomic mass is 16.3. The predicted molar refractivity (Wildman–Crippen MR) is 101 cm³/mol. The molecule has 0 aromatic carbocycles. The summed E-state index contributed by atoms with van der Waals surface area (Å²) in [5.74, 6) is -0.0854. The van der Waals surface area contributed by atoms with Crippen LogP contribution in [0.1, 0.15) is 30.1 Å². The molecular formula is C18H21N7O2. The highest BCUT2D eigenvalue weighted by molar-refractivity contribution is 6.02. The topological polar surface area (TPSA) is 144 Å². The molecule has 140 valence electrons. The standard InChI is InChI=1S/C18H21N7O2/c1-9(16(26)10-2-3-10)24-15-13(17(19)27)7-23-25-8-11(4-14(15)25)12-5-21-18(20)22-6-12/h4-10,16,24,26H,2-3H2,1H3,(H2,19,27)(H2,20,21,22)/t9-,16?/m1/s1. The van der Waals surface area contributed by atoms with Crippen molar-refractivity contribution in [1.29, 1.82) is 0 Å². The van der Waals surface area contributed by atoms with Crippen molar-refractivity contribution in [2.75, 3.05) is 11.1 Å². The zero-order valence-electron chi connectivity index (χ0n) is 14.8. The Kier molecular flexibility index (Phi) is 4.15. The van der Waals surface area contributed by atoms with Crippen molar-refractivity contribution in [3.8, 4) is 11.1 Å². The van der Waals surface area contributed by atoms with E-state index in [1.54, 1.807) is 16.9 Å². The first-order chi connectivity index (χ1) is 12.9. The van der Waals surface area contributed by atoms with Gasteiger partial charge in [-0.05, 0) is 31.7 Å². The van der Waals surface area contributed by atoms with Crippen LogP contribution in [0.5, 0.6) is 0 Å². The SMILES string of the molecule is C[C@@H](Nc1c(C(N)=O)cnn2cc(-c3cnc(N)nc3)cc12)C(O)C1CC1. The first-order valence-corrected chi connectivity index (χ1v) is 8.77. The first kappa shape index (κ1) is 17.2. The first-order valence-electron chi connectivity index (χ1n) is 8.77. The molecule has 1 aliphatic carbocycles. The van der Waals surface area contributed by atoms with Crippen LogP contribution in [0.2, 0.25) is 0 Å². The van der Waals surface area contributed by atoms with E-state index in [1.165, 1.54) is 6.20 Å². The summed E-state index contributed by atoms with van der Waals surface area (Å²) in [7, 11) is 0. The quantitative estimate of drug-likeness (QED) is 0.509. The monoisotopic (exact) mass is 367 g/mol. The molecule has 1 fully saturated rings. The van der Waals surface area contributed by atoms with Gasteiger partial charge in [-0.2, -0.15) is 5.10 Å². The normalized spacial score (nSPS) is 16.2. The molecule has 4 rings (SSSR count). The second-order valence-electron chi connectivity index (χ2n) is 6.95. The Bertz CT molecular complexity index is 995. The van der Waals surface area contributed by atoms with E-state index >= 15 is 0 Å². The number of amides is 1. The number of aliphatic hydroxyl groups excluding tert-OH is 1. The van der Waals surface area contributed by atoms with Crippen molar-refractivity contribution in [3.63, 3.8) is 0 Å². The number of aliphatic hydroxyl groups is 1. The molecule has 3 aromatic rings. The summed E-state index contributed by atoms with van der Waals surface area (Å²) in [5.41, 5.74) is 14.2. The zero-order chi connectivity index (χ0) is 19.1. The van der Waals surface area contributed by atoms with Crippen LogP contribution in [0.25, 0.3) is 16.6 Å². The summed E-state index contributed by atoms with van der Waals surface area (Å²) >= 11 is 0. The molecule has 3 aromatic heterocycles. The number of carbonyl (C=O) groups is 1. The average Bonchev–Trinajstić information content (AvgIpc) is 3.40. The number of aromatic nitrogens is 4. The van der Waals surface area contributed by atoms with Gasteiger partial charge in [-0.25, -0.2) is 14.5 Å². The van der Waals surface area contributed by atoms with Crippen LogP contribution in [0.15, 0.2) is 30.9 Å². The number of anilines is 2. The van der Waals surface area contributed by atoms with E-state index in [4.69, 9.17) is 11.5 Å². The molecule has 1 amide bonds. The summed E-state index contributed by atoms with van der Waals surface area (Å²) in [6.45, 7) is 1.89. The number of rotatable bonds is 6. The van der Waals surface area contributed by atoms with Gasteiger partial charge >= 0.3 is 0 Å². The van der Waals surface area contributed by atoms with E-state index in [-0.39, 0.29) is 17.6 Å². The number of nitrogen functional groups attached to an aromatic ring is 1. The zero-order valence-corrected chi connectivity index (χ0v) is 14.8. The van der Waals surface area contributed by atoms with E-state index in [9.17, 15) is 9.90 Å². The number of nitrogens with zero attached hydrogens (tertiary/aromatic N) is 4. The van der Waals surface area contributed by atoms with Crippen LogP contribution < -0.4 is 16.8 Å². The molecule has 2 atom stereocenters. The van der Waals surface area contributed by atoms with Gasteiger partial charge in [0.15, 0.2) is 0 Å². The third-order valence-corrected chi connectivity index (χ3v) is 4.90. The number of nitrogens with two attached hydrogens (primary N) is 2. The number of carbonyl (C=O) groups excluding carboxylic acids is 1. The summed E-state index contributed by atoms with van der Waals surface area (Å²) < 4.78 is 1.65. The Morgan fingerprint density at radius 1 is 1.30 bits per heavy atom. The highest BCUT2D eigenvalue weighted by Crippen LogP contribution is 2.35. The van der Waals surface area contributed by atoms with Gasteiger partial charge in [0.05, 0.1) is 29.1 Å². The predicted octanol–water partition coefficient (Wildman–Crippen LogP) is 1.04. The van der Waals surface area contributed by atoms with Gasteiger partial charge < -0.3 is 21.9 Å². The van der Waals surface area contributed by atoms with Crippen LogP contribution in [-0.4, -0.2) is 42.7 Å². The van der Waals surface area contributed by atoms with Gasteiger partial charge in [-0.15, -0.1) is 0 Å². The number of primary amides is 1. The second-order valence-corrected chi connectivity index (χ2v) is 6.95. The minimum Gasteiger partial charge on any atom is -0.391 e. The van der Waals surface area contributed by atoms with Gasteiger partial charge in [-0.1, -0.05) is 0 Å². The molecule has 0 aliphatic heterocycles. The maximum Gasteiger partial charge on any atom is 0.252 e. The Labute approximate surface area is 155 Å². The van der Waals surface area contributed by atoms with Gasteiger partial charge in [0, 0.05) is 35.8 Å². The minimum absolute atomic E-state index is 0.196. The van der Waals surface area contributed by atoms with Crippen molar-refractivity contribution < 1.29 is 9.90 Å². The van der Waals surface area contributed by atoms with Crippen molar-refractivity contribution in [1.82, 2.24) is 19.6 Å². The third kappa shape index (κ3) is 3.28. The lowest BCUT2D eigenvalue weighted by Gasteiger charge is -2.22. The smallest absolute Gasteiger partial charge is 0.252 e. The molecule has 0 bridgehead atoms. The van der Waals surface area contributed by atoms with Crippen LogP contribution in [0.4, 0.5) is 11.6 Å². The Morgan fingerprint density at radius 2 is 2.00 bits per heavy atom. The molecule has 0 saturated heterocycles. The van der Waals surface area contributed by atoms with Crippen LogP contribution >= 0.6 is 0 Å². The lowest BCUT2D eigenvalue weighted by molar-refractivity contribution is 0.1000. The van der Waals surface area contributed by atoms with Gasteiger partial charge in [0.25, 0.3) is 5.91 Å². The summed E-state index contributed by atoms with van der Waals surface area (Å²) in [4.78, 5) is 19.9. The average molecular weight is 367 g/mol. The number of fused-ring (bicyclic) bond motifs is 1. The fourth-order valence-electron chi connectivity index (χ4n) is 3.20. The molecule has 6 N–H and O–H groups in total. The van der Waals surface area contributed by atoms with E-state index in [0.29, 0.717) is 17.1 Å². The van der Waals surface area contributed by atoms with Crippen molar-refractivity contribution in [2.24, 2.45) is 11.7 Å². The minimum atomic E-state index is -0.584. The van der Waals surface area contributed by atoms with E-state index in [2.05, 4.69) is 20.4 Å². The van der Waals surface area contributed by atoms with Crippen LogP contribution in [0, 0.1) is 5.92 Å². The van der Waals surface area contributed by atoms with Crippen molar-refractivity contribution in [3.05, 3.63) is 36.4 Å². The molecule has 27 heavy (non-hydrogen) atoms. The summed E-state index contributed by atoms with van der Waals surface area (Å²) in [5, 5.41) is 17.9. The Balaban J connectivity index is 1.77. The largest absolute Gasteiger partial charge is 0.391 e. The maximum absolute atomic E-state index is 11.9. The van der Waals surface area contributed by atoms with Crippen LogP contribution in [-0.2, 0) is 0 Å². The number of hydrogen-bond donors (Lipinski definition) is 4. The van der Waals surface area contributed by atoms with E-state index < -0.39 is 12.0 Å². The second kappa shape index (κ2) is 6.51. The molecule has 0 radical (unpaired) electrons. The molecule has 0 spiro atoms. The molecule has 1 aliphatic rings. The summed E-state index contributed by atoms with van der Waals surface area (Å²) in [6.07, 6.45) is 8.04. The number of nitrogens with one attached hydrogen (secondary N) is 1. The summed E-state index contributed by atoms with van der Waals surface area (Å²) in [6, 6.07) is 1.63. The van der Waals surface area contributed by atoms with E-state index in [0.717, 1.165) is 24.0 Å². The Morgan fingerprint density at radius 3 is 2.63 bits per heavy atom. The maximum atomic E-state index is 11.9. The van der Waals surface area contributed by atoms with Crippen LogP contribution in [0.3, 0.4) is 0 Å². The van der Waals surface area contributed by atoms with Gasteiger partial charge in [-0.3, -0.25) is 4.79 Å². The van der Waals surface area contributed by atoms with E-state index in [1.807, 2.05) is 19.2 Å². The van der Waals surface area contributed by atoms with Gasteiger partial charge in [0.2, 0.25) is 5.95 Å². The highest BCUT2D eigenvalue weighted by Gasteiger charge is 2.34. The fraction of sp³-hybridized carbons (Fsp3) is 0.333. The molecular weight excluding hydrogens is 346 g/mol. The fourth-order valence-corrected chi connectivity index (χ4v) is 3.20. The van der Waals surface area contributed by atoms with Crippen molar-refractivity contribution in [2.45, 2.75) is 31.9 Å². The molecule has 1 saturated carbocycles. The molecule has 3 heterocycles. The Hall–Kier alpha value is -3.20.